The van der Waals surface area contributed by atoms with Gasteiger partial charge in [0.05, 0.1) is 13.2 Å². The zero-order valence-electron chi connectivity index (χ0n) is 9.88. The van der Waals surface area contributed by atoms with Crippen molar-refractivity contribution in [2.45, 2.75) is 37.7 Å². The first-order chi connectivity index (χ1) is 8.60. The lowest BCUT2D eigenvalue weighted by atomic mass is 9.71. The maximum Gasteiger partial charge on any atom is 0.168 e. The van der Waals surface area contributed by atoms with Crippen molar-refractivity contribution in [1.82, 2.24) is 0 Å². The summed E-state index contributed by atoms with van der Waals surface area (Å²) >= 11 is 8.48. The fourth-order valence-electron chi connectivity index (χ4n) is 2.90. The summed E-state index contributed by atoms with van der Waals surface area (Å²) in [6.07, 6.45) is 5.28. The van der Waals surface area contributed by atoms with Crippen LogP contribution in [-0.2, 0) is 4.74 Å². The highest BCUT2D eigenvalue weighted by molar-refractivity contribution is 9.12. The molecule has 2 heterocycles. The van der Waals surface area contributed by atoms with Crippen LogP contribution in [0.15, 0.2) is 13.6 Å². The SMILES string of the molecule is O=C(c1cc(Br)sc1Br)C1CCOC2(CCC2)C1. The van der Waals surface area contributed by atoms with Crippen molar-refractivity contribution in [2.24, 2.45) is 5.92 Å². The van der Waals surface area contributed by atoms with Crippen molar-refractivity contribution in [1.29, 1.82) is 0 Å². The molecule has 0 aromatic carbocycles. The van der Waals surface area contributed by atoms with Gasteiger partial charge in [0.25, 0.3) is 0 Å². The van der Waals surface area contributed by atoms with Crippen molar-refractivity contribution in [2.75, 3.05) is 6.61 Å². The zero-order valence-corrected chi connectivity index (χ0v) is 13.9. The van der Waals surface area contributed by atoms with Gasteiger partial charge in [-0.3, -0.25) is 4.79 Å². The number of carbonyl (C=O) groups excluding carboxylic acids is 1. The van der Waals surface area contributed by atoms with E-state index in [-0.39, 0.29) is 17.3 Å². The van der Waals surface area contributed by atoms with Gasteiger partial charge in [-0.1, -0.05) is 0 Å². The Balaban J connectivity index is 1.78. The number of thiophene rings is 1. The lowest BCUT2D eigenvalue weighted by molar-refractivity contribution is -0.137. The number of hydrogen-bond donors (Lipinski definition) is 0. The molecule has 1 aromatic heterocycles. The lowest BCUT2D eigenvalue weighted by Crippen LogP contribution is -2.47. The maximum absolute atomic E-state index is 12.6. The van der Waals surface area contributed by atoms with E-state index in [1.165, 1.54) is 6.42 Å². The minimum Gasteiger partial charge on any atom is -0.375 e. The van der Waals surface area contributed by atoms with Crippen LogP contribution in [0.25, 0.3) is 0 Å². The Morgan fingerprint density at radius 3 is 2.78 bits per heavy atom. The topological polar surface area (TPSA) is 26.3 Å². The van der Waals surface area contributed by atoms with Crippen LogP contribution in [0.1, 0.15) is 42.5 Å². The predicted octanol–water partition coefficient (Wildman–Crippen LogP) is 4.81. The highest BCUT2D eigenvalue weighted by Gasteiger charge is 2.44. The quantitative estimate of drug-likeness (QED) is 0.674. The van der Waals surface area contributed by atoms with E-state index in [1.54, 1.807) is 11.3 Å². The fourth-order valence-corrected chi connectivity index (χ4v) is 5.72. The van der Waals surface area contributed by atoms with Gasteiger partial charge in [0.15, 0.2) is 5.78 Å². The molecule has 1 atom stereocenters. The van der Waals surface area contributed by atoms with Gasteiger partial charge in [0.2, 0.25) is 0 Å². The fraction of sp³-hybridized carbons (Fsp3) is 0.615. The van der Waals surface area contributed by atoms with E-state index >= 15 is 0 Å². The molecule has 0 radical (unpaired) electrons. The predicted molar refractivity (Wildman–Crippen MR) is 79.3 cm³/mol. The number of halogens is 2. The van der Waals surface area contributed by atoms with Crippen LogP contribution in [0.4, 0.5) is 0 Å². The monoisotopic (exact) mass is 392 g/mol. The summed E-state index contributed by atoms with van der Waals surface area (Å²) in [5.41, 5.74) is 0.867. The van der Waals surface area contributed by atoms with Crippen LogP contribution in [0, 0.1) is 5.92 Å². The molecule has 1 aliphatic heterocycles. The molecule has 0 bridgehead atoms. The minimum absolute atomic E-state index is 0.0400. The molecule has 1 spiro atoms. The average molecular weight is 394 g/mol. The van der Waals surface area contributed by atoms with Crippen molar-refractivity contribution < 1.29 is 9.53 Å². The highest BCUT2D eigenvalue weighted by atomic mass is 79.9. The molecule has 1 aliphatic carbocycles. The van der Waals surface area contributed by atoms with Gasteiger partial charge in [0.1, 0.15) is 0 Å². The van der Waals surface area contributed by atoms with Gasteiger partial charge in [0, 0.05) is 18.1 Å². The van der Waals surface area contributed by atoms with Gasteiger partial charge in [-0.05, 0) is 70.0 Å². The van der Waals surface area contributed by atoms with E-state index in [2.05, 4.69) is 31.9 Å². The summed E-state index contributed by atoms with van der Waals surface area (Å²) in [4.78, 5) is 12.6. The standard InChI is InChI=1S/C13H14Br2O2S/c14-10-6-9(12(15)18-10)11(16)8-2-5-17-13(7-8)3-1-4-13/h6,8H,1-5,7H2. The summed E-state index contributed by atoms with van der Waals surface area (Å²) < 4.78 is 7.82. The molecule has 2 nitrogen and oxygen atoms in total. The van der Waals surface area contributed by atoms with Crippen LogP contribution in [0.3, 0.4) is 0 Å². The molecule has 18 heavy (non-hydrogen) atoms. The largest absolute Gasteiger partial charge is 0.375 e. The second-order valence-electron chi connectivity index (χ2n) is 5.18. The van der Waals surface area contributed by atoms with Crippen LogP contribution in [0.2, 0.25) is 0 Å². The van der Waals surface area contributed by atoms with Gasteiger partial charge >= 0.3 is 0 Å². The molecular weight excluding hydrogens is 380 g/mol. The molecule has 1 saturated heterocycles. The average Bonchev–Trinajstić information content (AvgIpc) is 2.66. The number of carbonyl (C=O) groups is 1. The number of Topliss-reactive ketones (excluding diaryl/α,β-unsaturated/α-hetero) is 1. The Labute approximate surface area is 127 Å². The van der Waals surface area contributed by atoms with Crippen molar-refractivity contribution in [3.05, 3.63) is 19.2 Å². The van der Waals surface area contributed by atoms with Crippen LogP contribution < -0.4 is 0 Å². The Morgan fingerprint density at radius 1 is 1.44 bits per heavy atom. The second-order valence-corrected chi connectivity index (χ2v) is 8.93. The van der Waals surface area contributed by atoms with Gasteiger partial charge in [-0.25, -0.2) is 0 Å². The Hall–Kier alpha value is 0.290. The van der Waals surface area contributed by atoms with Crippen LogP contribution in [-0.4, -0.2) is 18.0 Å². The van der Waals surface area contributed by atoms with E-state index in [9.17, 15) is 4.79 Å². The van der Waals surface area contributed by atoms with Gasteiger partial charge in [-0.15, -0.1) is 11.3 Å². The van der Waals surface area contributed by atoms with E-state index in [0.717, 1.165) is 45.4 Å². The Kier molecular flexibility index (Phi) is 3.69. The lowest BCUT2D eigenvalue weighted by Gasteiger charge is -2.46. The van der Waals surface area contributed by atoms with Gasteiger partial charge in [-0.2, -0.15) is 0 Å². The smallest absolute Gasteiger partial charge is 0.168 e. The first kappa shape index (κ1) is 13.3. The van der Waals surface area contributed by atoms with Crippen molar-refractivity contribution in [3.8, 4) is 0 Å². The summed E-state index contributed by atoms with van der Waals surface area (Å²) in [7, 11) is 0. The molecule has 2 aliphatic rings. The third-order valence-electron chi connectivity index (χ3n) is 4.05. The number of hydrogen-bond acceptors (Lipinski definition) is 3. The second kappa shape index (κ2) is 5.00. The molecule has 98 valence electrons. The molecule has 1 unspecified atom stereocenters. The van der Waals surface area contributed by atoms with Crippen LogP contribution in [0.5, 0.6) is 0 Å². The Morgan fingerprint density at radius 2 is 2.22 bits per heavy atom. The summed E-state index contributed by atoms with van der Waals surface area (Å²) in [5, 5.41) is 0. The molecule has 0 amide bonds. The molecule has 2 fully saturated rings. The number of rotatable bonds is 2. The first-order valence-corrected chi connectivity index (χ1v) is 8.63. The van der Waals surface area contributed by atoms with Crippen LogP contribution >= 0.6 is 43.2 Å². The van der Waals surface area contributed by atoms with Gasteiger partial charge < -0.3 is 4.74 Å². The molecule has 1 saturated carbocycles. The molecule has 3 rings (SSSR count). The first-order valence-electron chi connectivity index (χ1n) is 6.23. The zero-order chi connectivity index (χ0) is 12.8. The number of ether oxygens (including phenoxy) is 1. The molecule has 1 aromatic rings. The Bertz CT molecular complexity index is 479. The summed E-state index contributed by atoms with van der Waals surface area (Å²) in [5.74, 6) is 0.412. The van der Waals surface area contributed by atoms with E-state index in [0.29, 0.717) is 0 Å². The third kappa shape index (κ3) is 2.35. The summed E-state index contributed by atoms with van der Waals surface area (Å²) in [6.45, 7) is 0.735. The molecular formula is C13H14Br2O2S. The van der Waals surface area contributed by atoms with E-state index < -0.39 is 0 Å². The number of ketones is 1. The normalized spacial score (nSPS) is 26.0. The highest BCUT2D eigenvalue weighted by Crippen LogP contribution is 2.45. The summed E-state index contributed by atoms with van der Waals surface area (Å²) in [6, 6.07) is 1.93. The molecule has 5 heteroatoms. The van der Waals surface area contributed by atoms with E-state index in [1.807, 2.05) is 6.07 Å². The van der Waals surface area contributed by atoms with E-state index in [4.69, 9.17) is 4.74 Å². The minimum atomic E-state index is 0.0400. The third-order valence-corrected chi connectivity index (χ3v) is 6.39. The van der Waals surface area contributed by atoms with Crippen molar-refractivity contribution in [3.63, 3.8) is 0 Å². The maximum atomic E-state index is 12.6. The van der Waals surface area contributed by atoms with Crippen molar-refractivity contribution >= 4 is 49.0 Å². The molecule has 0 N–H and O–H groups in total.